The highest BCUT2D eigenvalue weighted by Gasteiger charge is 2.37. The summed E-state index contributed by atoms with van der Waals surface area (Å²) in [4.78, 5) is 16.1. The van der Waals surface area contributed by atoms with Crippen LogP contribution >= 0.6 is 23.2 Å². The van der Waals surface area contributed by atoms with Crippen LogP contribution in [0.1, 0.15) is 22.4 Å². The van der Waals surface area contributed by atoms with Gasteiger partial charge in [-0.2, -0.15) is 0 Å². The van der Waals surface area contributed by atoms with Gasteiger partial charge in [0.2, 0.25) is 0 Å². The van der Waals surface area contributed by atoms with E-state index in [9.17, 15) is 4.79 Å². The van der Waals surface area contributed by atoms with Crippen molar-refractivity contribution in [3.8, 4) is 11.1 Å². The molecule has 0 aliphatic rings. The van der Waals surface area contributed by atoms with Crippen LogP contribution in [0.15, 0.2) is 90.1 Å². The molecule has 0 radical (unpaired) electrons. The second-order valence-corrected chi connectivity index (χ2v) is 9.62. The van der Waals surface area contributed by atoms with Crippen molar-refractivity contribution in [2.75, 3.05) is 0 Å². The Labute approximate surface area is 208 Å². The lowest BCUT2D eigenvalue weighted by molar-refractivity contribution is 0.746. The number of hydrogen-bond donors (Lipinski definition) is 0. The summed E-state index contributed by atoms with van der Waals surface area (Å²) in [5, 5.41) is 1.59. The number of imidazole rings is 1. The molecule has 0 saturated carbocycles. The molecule has 1 atom stereocenters. The van der Waals surface area contributed by atoms with Crippen LogP contribution in [0.25, 0.3) is 22.0 Å². The molecule has 0 aliphatic heterocycles. The van der Waals surface area contributed by atoms with Gasteiger partial charge in [-0.05, 0) is 53.4 Å². The zero-order valence-electron chi connectivity index (χ0n) is 19.1. The van der Waals surface area contributed by atoms with Gasteiger partial charge in [-0.15, -0.1) is 11.6 Å². The summed E-state index contributed by atoms with van der Waals surface area (Å²) in [6, 6.07) is 23.5. The fourth-order valence-electron chi connectivity index (χ4n) is 4.56. The van der Waals surface area contributed by atoms with Crippen LogP contribution in [0.4, 0.5) is 0 Å². The Morgan fingerprint density at radius 2 is 1.65 bits per heavy atom. The van der Waals surface area contributed by atoms with Gasteiger partial charge in [-0.3, -0.25) is 4.79 Å². The Kier molecular flexibility index (Phi) is 5.59. The largest absolute Gasteiger partial charge is 0.336 e. The van der Waals surface area contributed by atoms with Crippen molar-refractivity contribution in [1.29, 1.82) is 0 Å². The van der Waals surface area contributed by atoms with Crippen LogP contribution in [-0.4, -0.2) is 14.1 Å². The van der Waals surface area contributed by atoms with Gasteiger partial charge in [0.25, 0.3) is 5.56 Å². The van der Waals surface area contributed by atoms with Crippen molar-refractivity contribution in [2.45, 2.75) is 11.8 Å². The van der Waals surface area contributed by atoms with Crippen LogP contribution < -0.4 is 5.56 Å². The third-order valence-corrected chi connectivity index (χ3v) is 7.27. The van der Waals surface area contributed by atoms with Crippen LogP contribution in [0.2, 0.25) is 5.02 Å². The average Bonchev–Trinajstić information content (AvgIpc) is 3.27. The highest BCUT2D eigenvalue weighted by molar-refractivity contribution is 6.31. The Morgan fingerprint density at radius 1 is 0.912 bits per heavy atom. The summed E-state index contributed by atoms with van der Waals surface area (Å²) in [5.41, 5.74) is 6.37. The van der Waals surface area contributed by atoms with Crippen LogP contribution in [-0.2, 0) is 19.0 Å². The van der Waals surface area contributed by atoms with E-state index in [1.165, 1.54) is 0 Å². The summed E-state index contributed by atoms with van der Waals surface area (Å²) in [6.45, 7) is 2.05. The summed E-state index contributed by atoms with van der Waals surface area (Å²) in [7, 11) is 3.72. The smallest absolute Gasteiger partial charge is 0.251 e. The van der Waals surface area contributed by atoms with E-state index < -0.39 is 4.87 Å². The minimum atomic E-state index is -1.01. The standard InChI is InChI=1S/C28H23Cl2N3O/c1-18-5-4-6-19(13-18)23-15-27(34)33(3)25-12-9-21(14-24(23)25)28(30,26-16-31-17-32(26)2)20-7-10-22(29)11-8-20/h4-17H,1-3H3. The topological polar surface area (TPSA) is 39.8 Å². The van der Waals surface area contributed by atoms with Crippen molar-refractivity contribution in [1.82, 2.24) is 14.1 Å². The van der Waals surface area contributed by atoms with Gasteiger partial charge >= 0.3 is 0 Å². The molecule has 5 rings (SSSR count). The van der Waals surface area contributed by atoms with Crippen molar-refractivity contribution in [2.24, 2.45) is 14.1 Å². The molecule has 0 amide bonds. The second-order valence-electron chi connectivity index (χ2n) is 8.61. The van der Waals surface area contributed by atoms with Crippen molar-refractivity contribution in [3.63, 3.8) is 0 Å². The maximum absolute atomic E-state index is 12.8. The van der Waals surface area contributed by atoms with E-state index >= 15 is 0 Å². The quantitative estimate of drug-likeness (QED) is 0.274. The molecule has 4 nitrogen and oxygen atoms in total. The van der Waals surface area contributed by atoms with Crippen LogP contribution in [0.5, 0.6) is 0 Å². The molecule has 0 N–H and O–H groups in total. The number of fused-ring (bicyclic) bond motifs is 1. The van der Waals surface area contributed by atoms with E-state index in [-0.39, 0.29) is 5.56 Å². The first-order valence-corrected chi connectivity index (χ1v) is 11.7. The molecule has 0 saturated heterocycles. The third kappa shape index (κ3) is 3.64. The molecule has 0 fully saturated rings. The van der Waals surface area contributed by atoms with Gasteiger partial charge in [0.1, 0.15) is 4.87 Å². The Morgan fingerprint density at radius 3 is 2.32 bits per heavy atom. The van der Waals surface area contributed by atoms with Gasteiger partial charge in [0.15, 0.2) is 0 Å². The minimum absolute atomic E-state index is 0.0572. The zero-order valence-corrected chi connectivity index (χ0v) is 20.6. The zero-order chi connectivity index (χ0) is 24.0. The lowest BCUT2D eigenvalue weighted by atomic mass is 9.86. The van der Waals surface area contributed by atoms with E-state index in [2.05, 4.69) is 17.1 Å². The van der Waals surface area contributed by atoms with E-state index in [1.807, 2.05) is 73.1 Å². The number of aromatic nitrogens is 3. The highest BCUT2D eigenvalue weighted by atomic mass is 35.5. The monoisotopic (exact) mass is 487 g/mol. The predicted molar refractivity (Wildman–Crippen MR) is 140 cm³/mol. The molecular weight excluding hydrogens is 465 g/mol. The number of pyridine rings is 1. The fraction of sp³-hybridized carbons (Fsp3) is 0.143. The number of aryl methyl sites for hydroxylation is 3. The molecular formula is C28H23Cl2N3O. The number of alkyl halides is 1. The molecule has 2 aromatic heterocycles. The van der Waals surface area contributed by atoms with Crippen molar-refractivity contribution in [3.05, 3.63) is 123 Å². The SMILES string of the molecule is Cc1cccc(-c2cc(=O)n(C)c3ccc(C(Cl)(c4ccc(Cl)cc4)c4cncn4C)cc23)c1. The molecule has 1 unspecified atom stereocenters. The molecule has 5 aromatic rings. The molecule has 6 heteroatoms. The maximum atomic E-state index is 12.8. The molecule has 170 valence electrons. The van der Waals surface area contributed by atoms with Crippen LogP contribution in [0, 0.1) is 6.92 Å². The molecule has 2 heterocycles. The number of hydrogen-bond acceptors (Lipinski definition) is 2. The van der Waals surface area contributed by atoms with Gasteiger partial charge in [0, 0.05) is 30.6 Å². The van der Waals surface area contributed by atoms with E-state index in [0.717, 1.165) is 44.4 Å². The number of nitrogens with zero attached hydrogens (tertiary/aromatic N) is 3. The maximum Gasteiger partial charge on any atom is 0.251 e. The van der Waals surface area contributed by atoms with Crippen molar-refractivity contribution < 1.29 is 0 Å². The van der Waals surface area contributed by atoms with Gasteiger partial charge < -0.3 is 9.13 Å². The first-order valence-electron chi connectivity index (χ1n) is 10.9. The lowest BCUT2D eigenvalue weighted by Gasteiger charge is -2.29. The molecule has 0 spiro atoms. The second kappa shape index (κ2) is 8.46. The van der Waals surface area contributed by atoms with Gasteiger partial charge in [-0.1, -0.05) is 59.6 Å². The van der Waals surface area contributed by atoms with E-state index in [4.69, 9.17) is 23.2 Å². The summed E-state index contributed by atoms with van der Waals surface area (Å²) in [5.74, 6) is 0. The van der Waals surface area contributed by atoms with E-state index in [0.29, 0.717) is 5.02 Å². The number of rotatable bonds is 4. The fourth-order valence-corrected chi connectivity index (χ4v) is 5.11. The Bertz CT molecular complexity index is 1580. The molecule has 34 heavy (non-hydrogen) atoms. The third-order valence-electron chi connectivity index (χ3n) is 6.38. The first kappa shape index (κ1) is 22.5. The average molecular weight is 488 g/mol. The Balaban J connectivity index is 1.84. The minimum Gasteiger partial charge on any atom is -0.336 e. The lowest BCUT2D eigenvalue weighted by Crippen LogP contribution is -2.25. The van der Waals surface area contributed by atoms with Gasteiger partial charge in [-0.25, -0.2) is 4.98 Å². The highest BCUT2D eigenvalue weighted by Crippen LogP contribution is 2.44. The number of halogens is 2. The summed E-state index contributed by atoms with van der Waals surface area (Å²) in [6.07, 6.45) is 3.53. The van der Waals surface area contributed by atoms with Gasteiger partial charge in [0.05, 0.1) is 23.7 Å². The van der Waals surface area contributed by atoms with E-state index in [1.54, 1.807) is 30.2 Å². The normalized spacial score (nSPS) is 13.2. The number of benzene rings is 3. The predicted octanol–water partition coefficient (Wildman–Crippen LogP) is 6.43. The molecule has 0 bridgehead atoms. The van der Waals surface area contributed by atoms with Crippen molar-refractivity contribution >= 4 is 34.1 Å². The molecule has 0 aliphatic carbocycles. The summed E-state index contributed by atoms with van der Waals surface area (Å²) < 4.78 is 3.59. The Hall–Kier alpha value is -3.34. The first-order chi connectivity index (χ1) is 16.3. The molecule has 3 aromatic carbocycles. The van der Waals surface area contributed by atoms with Crippen LogP contribution in [0.3, 0.4) is 0 Å². The summed E-state index contributed by atoms with van der Waals surface area (Å²) >= 11 is 13.7.